The van der Waals surface area contributed by atoms with E-state index in [1.165, 1.54) is 6.20 Å². The van der Waals surface area contributed by atoms with Crippen molar-refractivity contribution in [1.82, 2.24) is 30.5 Å². The summed E-state index contributed by atoms with van der Waals surface area (Å²) in [5.74, 6) is -2.26. The summed E-state index contributed by atoms with van der Waals surface area (Å²) in [6.07, 6.45) is -1.21. The number of aromatic nitrogens is 1. The number of halogens is 3. The highest BCUT2D eigenvalue weighted by Gasteiger charge is 2.54. The van der Waals surface area contributed by atoms with Gasteiger partial charge in [-0.3, -0.25) is 19.9 Å². The fraction of sp³-hybridized carbons (Fsp3) is 0.667. The van der Waals surface area contributed by atoms with Crippen LogP contribution in [0.25, 0.3) is 0 Å². The number of carbonyl (C=O) groups is 2. The molecule has 0 bridgehead atoms. The zero-order valence-corrected chi connectivity index (χ0v) is 20.9. The van der Waals surface area contributed by atoms with Crippen LogP contribution in [0.4, 0.5) is 19.0 Å². The Hall–Kier alpha value is -2.95. The quantitative estimate of drug-likeness (QED) is 0.535. The van der Waals surface area contributed by atoms with Gasteiger partial charge in [0.2, 0.25) is 11.8 Å². The van der Waals surface area contributed by atoms with Gasteiger partial charge in [-0.1, -0.05) is 0 Å². The topological polar surface area (TPSA) is 108 Å². The number of nitrogens with one attached hydrogen (secondary N) is 2. The highest BCUT2D eigenvalue weighted by atomic mass is 19.4. The van der Waals surface area contributed by atoms with Crippen LogP contribution in [0.5, 0.6) is 0 Å². The van der Waals surface area contributed by atoms with Gasteiger partial charge in [0.1, 0.15) is 11.9 Å². The molecule has 3 atom stereocenters. The van der Waals surface area contributed by atoms with Crippen molar-refractivity contribution in [3.05, 3.63) is 23.9 Å². The molecule has 0 saturated carbocycles. The van der Waals surface area contributed by atoms with Gasteiger partial charge in [-0.15, -0.1) is 0 Å². The van der Waals surface area contributed by atoms with Gasteiger partial charge in [0.15, 0.2) is 5.92 Å². The summed E-state index contributed by atoms with van der Waals surface area (Å²) in [6.45, 7) is 4.07. The molecule has 10 nitrogen and oxygen atoms in total. The minimum Gasteiger partial charge on any atom is -0.353 e. The number of anilines is 1. The summed E-state index contributed by atoms with van der Waals surface area (Å²) in [4.78, 5) is 36.9. The monoisotopic (exact) mass is 522 g/mol. The van der Waals surface area contributed by atoms with E-state index in [1.54, 1.807) is 6.07 Å². The predicted octanol–water partition coefficient (Wildman–Crippen LogP) is 0.570. The molecule has 3 saturated heterocycles. The molecule has 1 aromatic rings. The minimum absolute atomic E-state index is 0.0403. The number of alkyl halides is 3. The van der Waals surface area contributed by atoms with Crippen LogP contribution in [0.2, 0.25) is 0 Å². The van der Waals surface area contributed by atoms with Crippen molar-refractivity contribution in [3.63, 3.8) is 0 Å². The first-order chi connectivity index (χ1) is 17.7. The normalized spacial score (nSPS) is 25.3. The first-order valence-corrected chi connectivity index (χ1v) is 12.6. The molecule has 0 radical (unpaired) electrons. The highest BCUT2D eigenvalue weighted by Crippen LogP contribution is 2.35. The molecule has 2 N–H and O–H groups in total. The first kappa shape index (κ1) is 27.1. The molecule has 1 aromatic heterocycles. The summed E-state index contributed by atoms with van der Waals surface area (Å²) in [6, 6.07) is 4.53. The van der Waals surface area contributed by atoms with Crippen molar-refractivity contribution in [2.75, 3.05) is 64.3 Å². The molecule has 2 unspecified atom stereocenters. The largest absolute Gasteiger partial charge is 0.402 e. The molecule has 3 aliphatic heterocycles. The van der Waals surface area contributed by atoms with E-state index in [1.807, 2.05) is 33.9 Å². The third kappa shape index (κ3) is 6.49. The lowest BCUT2D eigenvalue weighted by Crippen LogP contribution is -2.65. The Labute approximate surface area is 214 Å². The number of nitrogens with zero attached hydrogens (tertiary/aromatic N) is 6. The molecule has 0 aliphatic carbocycles. The van der Waals surface area contributed by atoms with E-state index in [-0.39, 0.29) is 18.5 Å². The Balaban J connectivity index is 1.24. The van der Waals surface area contributed by atoms with Crippen LogP contribution in [0.1, 0.15) is 24.8 Å². The molecule has 4 rings (SSSR count). The van der Waals surface area contributed by atoms with Crippen LogP contribution in [-0.2, 0) is 9.59 Å². The molecule has 202 valence electrons. The predicted molar refractivity (Wildman–Crippen MR) is 129 cm³/mol. The Morgan fingerprint density at radius 2 is 2.00 bits per heavy atom. The molecule has 0 aromatic carbocycles. The Morgan fingerprint density at radius 1 is 1.24 bits per heavy atom. The van der Waals surface area contributed by atoms with Crippen molar-refractivity contribution < 1.29 is 22.8 Å². The Bertz CT molecular complexity index is 991. The maximum atomic E-state index is 13.6. The molecule has 3 fully saturated rings. The molecule has 13 heteroatoms. The second kappa shape index (κ2) is 11.6. The highest BCUT2D eigenvalue weighted by molar-refractivity contribution is 5.80. The standard InChI is InChI=1S/C24H33F3N8O2/c1-32(16-18-3-2-7-35(18)19-15-30-31-23(37)22(19)24(25,26)27)8-6-21(36)34-11-9-33(10-12-34)20-5-4-17(13-28)14-29-20/h4-5,14,18-19,22,30H,2-3,6-12,15-16H2,1H3,(H,31,37)/t18-,19?,22?/m0/s1. The first-order valence-electron chi connectivity index (χ1n) is 12.6. The fourth-order valence-corrected chi connectivity index (χ4v) is 5.50. The number of likely N-dealkylation sites (N-methyl/N-ethyl adjacent to an activating group) is 1. The number of rotatable bonds is 7. The second-order valence-corrected chi connectivity index (χ2v) is 9.89. The number of likely N-dealkylation sites (tertiary alicyclic amines) is 1. The molecule has 0 spiro atoms. The number of hydrogen-bond acceptors (Lipinski definition) is 8. The summed E-state index contributed by atoms with van der Waals surface area (Å²) < 4.78 is 40.9. The summed E-state index contributed by atoms with van der Waals surface area (Å²) in [5.41, 5.74) is 5.23. The van der Waals surface area contributed by atoms with Gasteiger partial charge >= 0.3 is 6.18 Å². The van der Waals surface area contributed by atoms with Gasteiger partial charge in [-0.2, -0.15) is 18.4 Å². The lowest BCUT2D eigenvalue weighted by Gasteiger charge is -2.41. The minimum atomic E-state index is -4.61. The van der Waals surface area contributed by atoms with Crippen molar-refractivity contribution in [3.8, 4) is 6.07 Å². The van der Waals surface area contributed by atoms with E-state index >= 15 is 0 Å². The van der Waals surface area contributed by atoms with Crippen molar-refractivity contribution in [2.45, 2.75) is 37.5 Å². The van der Waals surface area contributed by atoms with Gasteiger partial charge in [-0.25, -0.2) is 10.4 Å². The lowest BCUT2D eigenvalue weighted by molar-refractivity contribution is -0.201. The average Bonchev–Trinajstić information content (AvgIpc) is 3.34. The van der Waals surface area contributed by atoms with Crippen LogP contribution in [0.3, 0.4) is 0 Å². The molecule has 37 heavy (non-hydrogen) atoms. The van der Waals surface area contributed by atoms with Gasteiger partial charge in [0.25, 0.3) is 0 Å². The number of nitriles is 1. The number of hydrazine groups is 1. The third-order valence-corrected chi connectivity index (χ3v) is 7.45. The van der Waals surface area contributed by atoms with E-state index in [0.717, 1.165) is 18.7 Å². The fourth-order valence-electron chi connectivity index (χ4n) is 5.50. The SMILES string of the molecule is CN(CCC(=O)N1CCN(c2ccc(C#N)cn2)CC1)C[C@@H]1CCCN1C1CNNC(=O)C1C(F)(F)F. The molecule has 4 heterocycles. The van der Waals surface area contributed by atoms with Crippen molar-refractivity contribution in [2.24, 2.45) is 5.92 Å². The van der Waals surface area contributed by atoms with E-state index in [9.17, 15) is 22.8 Å². The van der Waals surface area contributed by atoms with Crippen LogP contribution < -0.4 is 15.8 Å². The Morgan fingerprint density at radius 3 is 2.65 bits per heavy atom. The maximum Gasteiger partial charge on any atom is 0.402 e. The van der Waals surface area contributed by atoms with Gasteiger partial charge in [0, 0.05) is 70.5 Å². The van der Waals surface area contributed by atoms with Gasteiger partial charge in [0.05, 0.1) is 5.56 Å². The number of pyridine rings is 1. The number of amides is 2. The van der Waals surface area contributed by atoms with Crippen LogP contribution in [0, 0.1) is 17.2 Å². The van der Waals surface area contributed by atoms with Crippen molar-refractivity contribution in [1.29, 1.82) is 5.26 Å². The average molecular weight is 523 g/mol. The molecular weight excluding hydrogens is 489 g/mol. The number of piperazine rings is 1. The third-order valence-electron chi connectivity index (χ3n) is 7.45. The number of carbonyl (C=O) groups excluding carboxylic acids is 2. The van der Waals surface area contributed by atoms with E-state index in [0.29, 0.717) is 57.8 Å². The van der Waals surface area contributed by atoms with E-state index in [4.69, 9.17) is 5.26 Å². The van der Waals surface area contributed by atoms with Gasteiger partial charge < -0.3 is 14.7 Å². The maximum absolute atomic E-state index is 13.6. The Kier molecular flexibility index (Phi) is 8.51. The summed E-state index contributed by atoms with van der Waals surface area (Å²) in [5, 5.41) is 8.91. The molecule has 3 aliphatic rings. The molecule has 2 amide bonds. The van der Waals surface area contributed by atoms with Crippen LogP contribution in [0.15, 0.2) is 18.3 Å². The van der Waals surface area contributed by atoms with Crippen LogP contribution >= 0.6 is 0 Å². The summed E-state index contributed by atoms with van der Waals surface area (Å²) >= 11 is 0. The summed E-state index contributed by atoms with van der Waals surface area (Å²) in [7, 11) is 1.88. The zero-order valence-electron chi connectivity index (χ0n) is 20.9. The second-order valence-electron chi connectivity index (χ2n) is 9.89. The molecular formula is C24H33F3N8O2. The number of hydrogen-bond donors (Lipinski definition) is 2. The van der Waals surface area contributed by atoms with Gasteiger partial charge in [-0.05, 0) is 38.6 Å². The van der Waals surface area contributed by atoms with E-state index in [2.05, 4.69) is 20.7 Å². The zero-order chi connectivity index (χ0) is 26.6. The van der Waals surface area contributed by atoms with Crippen LogP contribution in [-0.4, -0.2) is 109 Å². The van der Waals surface area contributed by atoms with E-state index < -0.39 is 24.0 Å². The van der Waals surface area contributed by atoms with Crippen molar-refractivity contribution >= 4 is 17.6 Å². The lowest BCUT2D eigenvalue weighted by atomic mass is 9.94. The smallest absolute Gasteiger partial charge is 0.353 e.